The van der Waals surface area contributed by atoms with E-state index in [1.165, 1.54) is 26.2 Å². The lowest BCUT2D eigenvalue weighted by atomic mass is 10.0. The number of hydrogen-bond donors (Lipinski definition) is 1. The Kier molecular flexibility index (Phi) is 7.16. The maximum atomic E-state index is 12.3. The van der Waals surface area contributed by atoms with E-state index in [0.717, 1.165) is 21.0 Å². The molecule has 0 aliphatic carbocycles. The smallest absolute Gasteiger partial charge is 0.310 e. The zero-order valence-electron chi connectivity index (χ0n) is 17.3. The van der Waals surface area contributed by atoms with Crippen LogP contribution in [0.5, 0.6) is 0 Å². The first-order valence-corrected chi connectivity index (χ1v) is 10.5. The van der Waals surface area contributed by atoms with Gasteiger partial charge in [-0.05, 0) is 55.2 Å². The fraction of sp³-hybridized carbons (Fsp3) is 0.333. The van der Waals surface area contributed by atoms with E-state index in [1.807, 2.05) is 32.0 Å². The molecule has 0 radical (unpaired) electrons. The molecule has 0 aliphatic heterocycles. The van der Waals surface area contributed by atoms with Crippen LogP contribution in [0, 0.1) is 20.8 Å². The highest BCUT2D eigenvalue weighted by Crippen LogP contribution is 2.22. The van der Waals surface area contributed by atoms with Crippen LogP contribution in [0.4, 0.5) is 5.69 Å². The normalized spacial score (nSPS) is 11.4. The molecule has 0 atom stereocenters. The number of amides is 1. The molecule has 0 aliphatic rings. The first-order valence-electron chi connectivity index (χ1n) is 9.05. The van der Waals surface area contributed by atoms with Gasteiger partial charge in [0.15, 0.2) is 6.61 Å². The number of nitrogens with one attached hydrogen (secondary N) is 1. The van der Waals surface area contributed by atoms with Crippen LogP contribution in [0.3, 0.4) is 0 Å². The van der Waals surface area contributed by atoms with Crippen molar-refractivity contribution in [1.82, 2.24) is 4.31 Å². The number of ether oxygens (including phenoxy) is 1. The van der Waals surface area contributed by atoms with Gasteiger partial charge in [0, 0.05) is 19.8 Å². The number of sulfonamides is 1. The topological polar surface area (TPSA) is 92.8 Å². The summed E-state index contributed by atoms with van der Waals surface area (Å²) in [5.41, 5.74) is 4.07. The minimum absolute atomic E-state index is 0.0649. The monoisotopic (exact) mass is 418 g/mol. The van der Waals surface area contributed by atoms with Gasteiger partial charge < -0.3 is 10.1 Å². The van der Waals surface area contributed by atoms with Gasteiger partial charge in [-0.3, -0.25) is 9.59 Å². The van der Waals surface area contributed by atoms with Crippen LogP contribution in [0.15, 0.2) is 41.3 Å². The van der Waals surface area contributed by atoms with Crippen molar-refractivity contribution in [3.8, 4) is 0 Å². The van der Waals surface area contributed by atoms with Crippen LogP contribution >= 0.6 is 0 Å². The molecule has 0 saturated heterocycles. The summed E-state index contributed by atoms with van der Waals surface area (Å²) >= 11 is 0. The molecule has 29 heavy (non-hydrogen) atoms. The summed E-state index contributed by atoms with van der Waals surface area (Å²) in [6.07, 6.45) is 0.0734. The quantitative estimate of drug-likeness (QED) is 0.698. The molecule has 2 rings (SSSR count). The molecule has 0 saturated carbocycles. The Morgan fingerprint density at radius 1 is 0.966 bits per heavy atom. The van der Waals surface area contributed by atoms with Gasteiger partial charge in [0.05, 0.1) is 11.3 Å². The van der Waals surface area contributed by atoms with Crippen LogP contribution in [0.25, 0.3) is 0 Å². The first-order chi connectivity index (χ1) is 13.5. The van der Waals surface area contributed by atoms with E-state index in [2.05, 4.69) is 5.32 Å². The van der Waals surface area contributed by atoms with Crippen LogP contribution < -0.4 is 5.32 Å². The van der Waals surface area contributed by atoms with Gasteiger partial charge in [-0.15, -0.1) is 0 Å². The Balaban J connectivity index is 1.98. The average molecular weight is 419 g/mol. The molecule has 2 aromatic rings. The highest BCUT2D eigenvalue weighted by atomic mass is 32.2. The molecule has 0 unspecified atom stereocenters. The van der Waals surface area contributed by atoms with Crippen molar-refractivity contribution in [2.24, 2.45) is 0 Å². The van der Waals surface area contributed by atoms with E-state index >= 15 is 0 Å². The van der Waals surface area contributed by atoms with Crippen molar-refractivity contribution in [3.05, 3.63) is 58.7 Å². The van der Waals surface area contributed by atoms with Crippen molar-refractivity contribution in [2.45, 2.75) is 32.1 Å². The summed E-state index contributed by atoms with van der Waals surface area (Å²) in [4.78, 5) is 24.2. The second-order valence-corrected chi connectivity index (χ2v) is 9.22. The first kappa shape index (κ1) is 22.6. The molecule has 0 bridgehead atoms. The Hall–Kier alpha value is -2.71. The van der Waals surface area contributed by atoms with Crippen LogP contribution in [-0.4, -0.2) is 45.3 Å². The van der Waals surface area contributed by atoms with Crippen LogP contribution in [0.1, 0.15) is 22.3 Å². The van der Waals surface area contributed by atoms with Gasteiger partial charge >= 0.3 is 5.97 Å². The third kappa shape index (κ3) is 5.88. The molecule has 0 spiro atoms. The summed E-state index contributed by atoms with van der Waals surface area (Å²) in [5, 5.41) is 2.60. The fourth-order valence-electron chi connectivity index (χ4n) is 2.57. The highest BCUT2D eigenvalue weighted by Gasteiger charge is 2.19. The number of anilines is 1. The molecular weight excluding hydrogens is 392 g/mol. The molecule has 7 nitrogen and oxygen atoms in total. The van der Waals surface area contributed by atoms with E-state index in [9.17, 15) is 18.0 Å². The Morgan fingerprint density at radius 3 is 2.24 bits per heavy atom. The zero-order valence-corrected chi connectivity index (χ0v) is 18.1. The molecule has 1 amide bonds. The van der Waals surface area contributed by atoms with E-state index in [0.29, 0.717) is 11.3 Å². The molecule has 0 heterocycles. The summed E-state index contributed by atoms with van der Waals surface area (Å²) in [5.74, 6) is -1.05. The zero-order chi connectivity index (χ0) is 21.8. The lowest BCUT2D eigenvalue weighted by molar-refractivity contribution is -0.146. The van der Waals surface area contributed by atoms with E-state index in [4.69, 9.17) is 4.74 Å². The SMILES string of the molecule is Cc1ccc(CC(=O)OCC(=O)Nc2cc(S(=O)(=O)N(C)C)ccc2C)cc1C. The average Bonchev–Trinajstić information content (AvgIpc) is 2.64. The fourth-order valence-corrected chi connectivity index (χ4v) is 3.50. The standard InChI is InChI=1S/C21H26N2O5S/c1-14-6-8-17(10-16(14)3)11-21(25)28-13-20(24)22-19-12-18(9-7-15(19)2)29(26,27)23(4)5/h6-10,12H,11,13H2,1-5H3,(H,22,24). The number of rotatable bonds is 7. The molecule has 1 N–H and O–H groups in total. The second kappa shape index (κ2) is 9.19. The molecule has 156 valence electrons. The summed E-state index contributed by atoms with van der Waals surface area (Å²) in [7, 11) is -0.756. The third-order valence-corrected chi connectivity index (χ3v) is 6.36. The molecule has 0 fully saturated rings. The van der Waals surface area contributed by atoms with Crippen molar-refractivity contribution in [2.75, 3.05) is 26.0 Å². The van der Waals surface area contributed by atoms with Gasteiger partial charge in [0.25, 0.3) is 5.91 Å². The molecule has 8 heteroatoms. The number of nitrogens with zero attached hydrogens (tertiary/aromatic N) is 1. The maximum absolute atomic E-state index is 12.3. The third-order valence-electron chi connectivity index (χ3n) is 4.55. The number of benzene rings is 2. The second-order valence-electron chi connectivity index (χ2n) is 7.07. The summed E-state index contributed by atoms with van der Waals surface area (Å²) in [6.45, 7) is 5.24. The Morgan fingerprint density at radius 2 is 1.62 bits per heavy atom. The predicted molar refractivity (Wildman–Crippen MR) is 111 cm³/mol. The highest BCUT2D eigenvalue weighted by molar-refractivity contribution is 7.89. The van der Waals surface area contributed by atoms with Crippen molar-refractivity contribution in [1.29, 1.82) is 0 Å². The minimum atomic E-state index is -3.62. The number of esters is 1. The minimum Gasteiger partial charge on any atom is -0.455 e. The number of carbonyl (C=O) groups excluding carboxylic acids is 2. The number of aryl methyl sites for hydroxylation is 3. The van der Waals surface area contributed by atoms with E-state index in [-0.39, 0.29) is 11.3 Å². The Bertz CT molecular complexity index is 1030. The largest absolute Gasteiger partial charge is 0.455 e. The number of hydrogen-bond acceptors (Lipinski definition) is 5. The van der Waals surface area contributed by atoms with Crippen LogP contribution in [-0.2, 0) is 30.8 Å². The predicted octanol–water partition coefficient (Wildman–Crippen LogP) is 2.59. The molecular formula is C21H26N2O5S. The van der Waals surface area contributed by atoms with Crippen molar-refractivity contribution >= 4 is 27.6 Å². The van der Waals surface area contributed by atoms with E-state index in [1.54, 1.807) is 13.0 Å². The van der Waals surface area contributed by atoms with Crippen molar-refractivity contribution < 1.29 is 22.7 Å². The van der Waals surface area contributed by atoms with Crippen molar-refractivity contribution in [3.63, 3.8) is 0 Å². The lowest BCUT2D eigenvalue weighted by Gasteiger charge is -2.14. The van der Waals surface area contributed by atoms with Gasteiger partial charge in [0.1, 0.15) is 0 Å². The summed E-state index contributed by atoms with van der Waals surface area (Å²) in [6, 6.07) is 10.2. The van der Waals surface area contributed by atoms with Gasteiger partial charge in [-0.25, -0.2) is 12.7 Å². The van der Waals surface area contributed by atoms with Gasteiger partial charge in [-0.1, -0.05) is 24.3 Å². The van der Waals surface area contributed by atoms with Gasteiger partial charge in [-0.2, -0.15) is 0 Å². The van der Waals surface area contributed by atoms with E-state index < -0.39 is 28.5 Å². The molecule has 0 aromatic heterocycles. The number of carbonyl (C=O) groups is 2. The van der Waals surface area contributed by atoms with Gasteiger partial charge in [0.2, 0.25) is 10.0 Å². The Labute approximate surface area is 171 Å². The van der Waals surface area contributed by atoms with Crippen LogP contribution in [0.2, 0.25) is 0 Å². The lowest BCUT2D eigenvalue weighted by Crippen LogP contribution is -2.24. The maximum Gasteiger partial charge on any atom is 0.310 e. The summed E-state index contributed by atoms with van der Waals surface area (Å²) < 4.78 is 30.7. The molecule has 2 aromatic carbocycles.